The fourth-order valence-corrected chi connectivity index (χ4v) is 3.10. The first-order valence-electron chi connectivity index (χ1n) is 6.31. The maximum absolute atomic E-state index is 12.1. The minimum absolute atomic E-state index is 0.185. The molecule has 0 fully saturated rings. The Hall–Kier alpha value is -2.36. The van der Waals surface area contributed by atoms with E-state index in [4.69, 9.17) is 11.0 Å². The lowest BCUT2D eigenvalue weighted by atomic mass is 10.2. The van der Waals surface area contributed by atoms with Crippen molar-refractivity contribution in [2.45, 2.75) is 12.3 Å². The lowest BCUT2D eigenvalue weighted by Gasteiger charge is -2.09. The van der Waals surface area contributed by atoms with Gasteiger partial charge >= 0.3 is 0 Å². The smallest absolute Gasteiger partial charge is 0.236 e. The number of nitrogens with one attached hydrogen (secondary N) is 1. The molecule has 0 atom stereocenters. The van der Waals surface area contributed by atoms with Crippen molar-refractivity contribution >= 4 is 15.7 Å². The third kappa shape index (κ3) is 4.31. The third-order valence-corrected chi connectivity index (χ3v) is 4.11. The van der Waals surface area contributed by atoms with E-state index < -0.39 is 10.0 Å². The van der Waals surface area contributed by atoms with Crippen LogP contribution in [0.5, 0.6) is 0 Å². The highest BCUT2D eigenvalue weighted by Gasteiger charge is 2.12. The molecular formula is C15H15N3O2S. The second-order valence-electron chi connectivity index (χ2n) is 4.58. The quantitative estimate of drug-likeness (QED) is 0.882. The van der Waals surface area contributed by atoms with Crippen LogP contribution in [0.15, 0.2) is 48.5 Å². The summed E-state index contributed by atoms with van der Waals surface area (Å²) >= 11 is 0. The Morgan fingerprint density at radius 3 is 2.52 bits per heavy atom. The van der Waals surface area contributed by atoms with Gasteiger partial charge in [-0.25, -0.2) is 8.42 Å². The summed E-state index contributed by atoms with van der Waals surface area (Å²) in [6, 6.07) is 15.5. The highest BCUT2D eigenvalue weighted by Crippen LogP contribution is 2.15. The van der Waals surface area contributed by atoms with Crippen molar-refractivity contribution < 1.29 is 8.42 Å². The Kier molecular flexibility index (Phi) is 4.58. The number of nitrogens with two attached hydrogens (primary N) is 1. The molecule has 0 radical (unpaired) electrons. The summed E-state index contributed by atoms with van der Waals surface area (Å²) in [5.74, 6) is -0.185. The summed E-state index contributed by atoms with van der Waals surface area (Å²) in [5.41, 5.74) is 7.86. The number of hydrogen-bond acceptors (Lipinski definition) is 4. The fraction of sp³-hybridized carbons (Fsp3) is 0.133. The second-order valence-corrected chi connectivity index (χ2v) is 6.30. The molecule has 0 heterocycles. The van der Waals surface area contributed by atoms with Gasteiger partial charge in [0.1, 0.15) is 0 Å². The first kappa shape index (κ1) is 15.0. The van der Waals surface area contributed by atoms with E-state index in [0.717, 1.165) is 5.56 Å². The first-order chi connectivity index (χ1) is 10.0. The van der Waals surface area contributed by atoms with E-state index in [1.807, 2.05) is 12.1 Å². The normalized spacial score (nSPS) is 10.9. The van der Waals surface area contributed by atoms with Crippen LogP contribution in [0.3, 0.4) is 0 Å². The van der Waals surface area contributed by atoms with Crippen molar-refractivity contribution in [1.82, 2.24) is 0 Å². The molecule has 2 rings (SSSR count). The molecule has 0 amide bonds. The predicted molar refractivity (Wildman–Crippen MR) is 81.7 cm³/mol. The van der Waals surface area contributed by atoms with Crippen LogP contribution >= 0.6 is 0 Å². The first-order valence-corrected chi connectivity index (χ1v) is 7.96. The molecule has 6 heteroatoms. The highest BCUT2D eigenvalue weighted by molar-refractivity contribution is 7.91. The maximum atomic E-state index is 12.1. The lowest BCUT2D eigenvalue weighted by Crippen LogP contribution is -2.15. The Balaban J connectivity index is 2.16. The summed E-state index contributed by atoms with van der Waals surface area (Å²) in [7, 11) is -3.54. The van der Waals surface area contributed by atoms with Crippen molar-refractivity contribution in [3.63, 3.8) is 0 Å². The van der Waals surface area contributed by atoms with Gasteiger partial charge in [0.15, 0.2) is 0 Å². The van der Waals surface area contributed by atoms with Crippen LogP contribution in [-0.2, 0) is 22.3 Å². The van der Waals surface area contributed by atoms with Gasteiger partial charge in [0.25, 0.3) is 0 Å². The van der Waals surface area contributed by atoms with Gasteiger partial charge < -0.3 is 5.73 Å². The van der Waals surface area contributed by atoms with Gasteiger partial charge in [0.2, 0.25) is 10.0 Å². The van der Waals surface area contributed by atoms with Crippen LogP contribution in [0.4, 0.5) is 5.69 Å². The molecule has 0 bridgehead atoms. The molecule has 0 spiro atoms. The number of rotatable bonds is 5. The van der Waals surface area contributed by atoms with E-state index in [1.54, 1.807) is 42.5 Å². The van der Waals surface area contributed by atoms with Gasteiger partial charge in [-0.15, -0.1) is 0 Å². The SMILES string of the molecule is N#Cc1cccc(CS(=O)(=O)Nc2cccc(CN)c2)c1. The Labute approximate surface area is 124 Å². The summed E-state index contributed by atoms with van der Waals surface area (Å²) in [6.45, 7) is 0.347. The van der Waals surface area contributed by atoms with Crippen LogP contribution in [0, 0.1) is 11.3 Å². The second kappa shape index (κ2) is 6.39. The van der Waals surface area contributed by atoms with E-state index in [2.05, 4.69) is 4.72 Å². The molecule has 2 aromatic carbocycles. The topological polar surface area (TPSA) is 96.0 Å². The molecule has 108 valence electrons. The average molecular weight is 301 g/mol. The molecule has 3 N–H and O–H groups in total. The minimum Gasteiger partial charge on any atom is -0.326 e. The number of hydrogen-bond donors (Lipinski definition) is 2. The van der Waals surface area contributed by atoms with Crippen LogP contribution in [0.25, 0.3) is 0 Å². The number of nitriles is 1. The van der Waals surface area contributed by atoms with E-state index in [-0.39, 0.29) is 5.75 Å². The van der Waals surface area contributed by atoms with Gasteiger partial charge in [0, 0.05) is 12.2 Å². The van der Waals surface area contributed by atoms with Crippen LogP contribution < -0.4 is 10.5 Å². The molecule has 0 aliphatic rings. The largest absolute Gasteiger partial charge is 0.326 e. The van der Waals surface area contributed by atoms with Crippen molar-refractivity contribution in [3.05, 3.63) is 65.2 Å². The number of anilines is 1. The molecule has 21 heavy (non-hydrogen) atoms. The standard InChI is InChI=1S/C15H15N3O2S/c16-9-12-3-1-5-14(7-12)11-21(19,20)18-15-6-2-4-13(8-15)10-17/h1-8,18H,10-11,17H2. The molecule has 5 nitrogen and oxygen atoms in total. The van der Waals surface area contributed by atoms with Gasteiger partial charge in [-0.05, 0) is 35.4 Å². The lowest BCUT2D eigenvalue weighted by molar-refractivity contribution is 0.600. The van der Waals surface area contributed by atoms with Gasteiger partial charge in [-0.1, -0.05) is 24.3 Å². The van der Waals surface area contributed by atoms with Gasteiger partial charge in [0.05, 0.1) is 17.4 Å². The number of benzene rings is 2. The summed E-state index contributed by atoms with van der Waals surface area (Å²) in [6.07, 6.45) is 0. The van der Waals surface area contributed by atoms with Gasteiger partial charge in [-0.2, -0.15) is 5.26 Å². The van der Waals surface area contributed by atoms with E-state index in [1.165, 1.54) is 0 Å². The summed E-state index contributed by atoms with van der Waals surface area (Å²) in [4.78, 5) is 0. The number of sulfonamides is 1. The molecule has 0 aromatic heterocycles. The molecular weight excluding hydrogens is 286 g/mol. The fourth-order valence-electron chi connectivity index (χ4n) is 1.93. The van der Waals surface area contributed by atoms with Crippen molar-refractivity contribution in [3.8, 4) is 6.07 Å². The maximum Gasteiger partial charge on any atom is 0.236 e. The molecule has 0 aliphatic heterocycles. The zero-order valence-corrected chi connectivity index (χ0v) is 12.1. The van der Waals surface area contributed by atoms with Crippen LogP contribution in [-0.4, -0.2) is 8.42 Å². The van der Waals surface area contributed by atoms with Crippen LogP contribution in [0.2, 0.25) is 0 Å². The molecule has 0 saturated heterocycles. The Morgan fingerprint density at radius 2 is 1.81 bits per heavy atom. The Bertz CT molecular complexity index is 780. The van der Waals surface area contributed by atoms with Crippen LogP contribution in [0.1, 0.15) is 16.7 Å². The summed E-state index contributed by atoms with van der Waals surface area (Å²) < 4.78 is 26.8. The van der Waals surface area contributed by atoms with E-state index in [0.29, 0.717) is 23.4 Å². The zero-order valence-electron chi connectivity index (χ0n) is 11.3. The van der Waals surface area contributed by atoms with Crippen molar-refractivity contribution in [2.24, 2.45) is 5.73 Å². The van der Waals surface area contributed by atoms with E-state index >= 15 is 0 Å². The molecule has 0 unspecified atom stereocenters. The molecule has 0 saturated carbocycles. The molecule has 2 aromatic rings. The number of nitrogens with zero attached hydrogens (tertiary/aromatic N) is 1. The van der Waals surface area contributed by atoms with Gasteiger partial charge in [-0.3, -0.25) is 4.72 Å². The minimum atomic E-state index is -3.54. The van der Waals surface area contributed by atoms with E-state index in [9.17, 15) is 8.42 Å². The third-order valence-electron chi connectivity index (χ3n) is 2.85. The average Bonchev–Trinajstić information content (AvgIpc) is 2.46. The molecule has 0 aliphatic carbocycles. The Morgan fingerprint density at radius 1 is 1.10 bits per heavy atom. The monoisotopic (exact) mass is 301 g/mol. The zero-order chi connectivity index (χ0) is 15.3. The highest BCUT2D eigenvalue weighted by atomic mass is 32.2. The van der Waals surface area contributed by atoms with Crippen molar-refractivity contribution in [1.29, 1.82) is 5.26 Å². The summed E-state index contributed by atoms with van der Waals surface area (Å²) in [5, 5.41) is 8.83. The predicted octanol–water partition coefficient (Wildman–Crippen LogP) is 1.96. The van der Waals surface area contributed by atoms with Crippen molar-refractivity contribution in [2.75, 3.05) is 4.72 Å².